The summed E-state index contributed by atoms with van der Waals surface area (Å²) in [7, 11) is 0. The number of benzene rings is 1. The van der Waals surface area contributed by atoms with Gasteiger partial charge in [0, 0.05) is 24.6 Å². The molecule has 1 aromatic carbocycles. The summed E-state index contributed by atoms with van der Waals surface area (Å²) in [5.41, 5.74) is 1.84. The Kier molecular flexibility index (Phi) is 6.63. The largest absolute Gasteiger partial charge is 0.352 e. The molecule has 0 bridgehead atoms. The molecule has 23 heavy (non-hydrogen) atoms. The second-order valence-corrected chi connectivity index (χ2v) is 6.83. The Balaban J connectivity index is 1.74. The van der Waals surface area contributed by atoms with Crippen molar-refractivity contribution in [1.82, 2.24) is 5.32 Å². The van der Waals surface area contributed by atoms with Gasteiger partial charge in [0.2, 0.25) is 11.8 Å². The molecular weight excluding hydrogens is 288 g/mol. The van der Waals surface area contributed by atoms with Crippen LogP contribution in [0.4, 0.5) is 5.69 Å². The molecule has 0 heterocycles. The molecule has 0 atom stereocenters. The van der Waals surface area contributed by atoms with Crippen molar-refractivity contribution < 1.29 is 9.59 Å². The molecule has 2 rings (SSSR count). The van der Waals surface area contributed by atoms with E-state index in [-0.39, 0.29) is 17.7 Å². The summed E-state index contributed by atoms with van der Waals surface area (Å²) in [6, 6.07) is 7.64. The van der Waals surface area contributed by atoms with Gasteiger partial charge in [0.25, 0.3) is 0 Å². The van der Waals surface area contributed by atoms with Crippen LogP contribution in [0.2, 0.25) is 0 Å². The number of hydrogen-bond donors (Lipinski definition) is 2. The third kappa shape index (κ3) is 6.05. The van der Waals surface area contributed by atoms with Gasteiger partial charge in [-0.3, -0.25) is 9.59 Å². The van der Waals surface area contributed by atoms with Crippen molar-refractivity contribution in [2.75, 3.05) is 5.32 Å². The quantitative estimate of drug-likeness (QED) is 0.837. The Bertz CT molecular complexity index is 517. The van der Waals surface area contributed by atoms with Crippen LogP contribution in [0.25, 0.3) is 0 Å². The van der Waals surface area contributed by atoms with Gasteiger partial charge in [-0.2, -0.15) is 0 Å². The fourth-order valence-electron chi connectivity index (χ4n) is 2.92. The maximum Gasteiger partial charge on any atom is 0.226 e. The Morgan fingerprint density at radius 3 is 2.35 bits per heavy atom. The van der Waals surface area contributed by atoms with Crippen molar-refractivity contribution in [3.63, 3.8) is 0 Å². The van der Waals surface area contributed by atoms with Gasteiger partial charge in [-0.05, 0) is 36.5 Å². The van der Waals surface area contributed by atoms with E-state index in [1.807, 2.05) is 38.1 Å². The molecule has 0 unspecified atom stereocenters. The molecular formula is C19H28N2O2. The van der Waals surface area contributed by atoms with E-state index in [9.17, 15) is 9.59 Å². The molecule has 126 valence electrons. The van der Waals surface area contributed by atoms with Crippen LogP contribution < -0.4 is 10.6 Å². The lowest BCUT2D eigenvalue weighted by molar-refractivity contribution is -0.122. The number of rotatable bonds is 6. The van der Waals surface area contributed by atoms with Crippen LogP contribution in [0.3, 0.4) is 0 Å². The van der Waals surface area contributed by atoms with Gasteiger partial charge in [-0.1, -0.05) is 45.2 Å². The highest BCUT2D eigenvalue weighted by molar-refractivity contribution is 5.92. The number of amides is 2. The average Bonchev–Trinajstić information content (AvgIpc) is 2.55. The van der Waals surface area contributed by atoms with Crippen molar-refractivity contribution in [2.24, 2.45) is 11.8 Å². The zero-order chi connectivity index (χ0) is 16.7. The molecule has 4 heteroatoms. The van der Waals surface area contributed by atoms with Crippen LogP contribution in [0.15, 0.2) is 24.3 Å². The smallest absolute Gasteiger partial charge is 0.226 e. The highest BCUT2D eigenvalue weighted by Crippen LogP contribution is 2.26. The minimum Gasteiger partial charge on any atom is -0.352 e. The first kappa shape index (κ1) is 17.5. The monoisotopic (exact) mass is 316 g/mol. The minimum absolute atomic E-state index is 0.0125. The van der Waals surface area contributed by atoms with Crippen molar-refractivity contribution in [1.29, 1.82) is 0 Å². The lowest BCUT2D eigenvalue weighted by Crippen LogP contribution is -2.25. The van der Waals surface area contributed by atoms with Crippen LogP contribution >= 0.6 is 0 Å². The summed E-state index contributed by atoms with van der Waals surface area (Å²) >= 11 is 0. The van der Waals surface area contributed by atoms with Gasteiger partial charge in [0.05, 0.1) is 0 Å². The zero-order valence-corrected chi connectivity index (χ0v) is 14.2. The van der Waals surface area contributed by atoms with E-state index in [2.05, 4.69) is 10.6 Å². The third-order valence-corrected chi connectivity index (χ3v) is 4.43. The van der Waals surface area contributed by atoms with E-state index in [1.54, 1.807) is 0 Å². The van der Waals surface area contributed by atoms with Gasteiger partial charge in [-0.15, -0.1) is 0 Å². The maximum atomic E-state index is 12.0. The number of carbonyl (C=O) groups is 2. The van der Waals surface area contributed by atoms with E-state index >= 15 is 0 Å². The van der Waals surface area contributed by atoms with Crippen LogP contribution in [0.5, 0.6) is 0 Å². The standard InChI is InChI=1S/C19H28N2O2/c1-14(2)19(23)21-17-10-8-16(9-11-17)13-20-18(22)12-15-6-4-3-5-7-15/h8-11,14-15H,3-7,12-13H2,1-2H3,(H,20,22)(H,21,23). The van der Waals surface area contributed by atoms with E-state index in [0.29, 0.717) is 18.9 Å². The minimum atomic E-state index is -0.0336. The van der Waals surface area contributed by atoms with Gasteiger partial charge >= 0.3 is 0 Å². The lowest BCUT2D eigenvalue weighted by Gasteiger charge is -2.20. The third-order valence-electron chi connectivity index (χ3n) is 4.43. The number of nitrogens with one attached hydrogen (secondary N) is 2. The molecule has 1 aliphatic carbocycles. The van der Waals surface area contributed by atoms with E-state index in [4.69, 9.17) is 0 Å². The van der Waals surface area contributed by atoms with Crippen molar-refractivity contribution in [3.05, 3.63) is 29.8 Å². The molecule has 1 aliphatic rings. The maximum absolute atomic E-state index is 12.0. The summed E-state index contributed by atoms with van der Waals surface area (Å²) < 4.78 is 0. The molecule has 1 saturated carbocycles. The molecule has 0 saturated heterocycles. The molecule has 0 spiro atoms. The molecule has 0 aromatic heterocycles. The van der Waals surface area contributed by atoms with Gasteiger partial charge in [0.1, 0.15) is 0 Å². The normalized spacial score (nSPS) is 15.4. The lowest BCUT2D eigenvalue weighted by atomic mass is 9.87. The van der Waals surface area contributed by atoms with Crippen molar-refractivity contribution in [3.8, 4) is 0 Å². The second kappa shape index (κ2) is 8.70. The SMILES string of the molecule is CC(C)C(=O)Nc1ccc(CNC(=O)CC2CCCCC2)cc1. The molecule has 1 aromatic rings. The molecule has 2 amide bonds. The molecule has 4 nitrogen and oxygen atoms in total. The Labute approximate surface area is 139 Å². The Morgan fingerprint density at radius 2 is 1.74 bits per heavy atom. The summed E-state index contributed by atoms with van der Waals surface area (Å²) in [5.74, 6) is 0.693. The van der Waals surface area contributed by atoms with Crippen LogP contribution in [0, 0.1) is 11.8 Å². The van der Waals surface area contributed by atoms with E-state index < -0.39 is 0 Å². The Morgan fingerprint density at radius 1 is 1.09 bits per heavy atom. The van der Waals surface area contributed by atoms with Crippen LogP contribution in [-0.2, 0) is 16.1 Å². The molecule has 1 fully saturated rings. The average molecular weight is 316 g/mol. The fourth-order valence-corrected chi connectivity index (χ4v) is 2.92. The van der Waals surface area contributed by atoms with Gasteiger partial charge in [0.15, 0.2) is 0 Å². The highest BCUT2D eigenvalue weighted by atomic mass is 16.2. The summed E-state index contributed by atoms with van der Waals surface area (Å²) in [6.07, 6.45) is 6.89. The Hall–Kier alpha value is -1.84. The van der Waals surface area contributed by atoms with Gasteiger partial charge < -0.3 is 10.6 Å². The summed E-state index contributed by atoms with van der Waals surface area (Å²) in [6.45, 7) is 4.28. The first-order chi connectivity index (χ1) is 11.0. The fraction of sp³-hybridized carbons (Fsp3) is 0.579. The van der Waals surface area contributed by atoms with Crippen molar-refractivity contribution >= 4 is 17.5 Å². The summed E-state index contributed by atoms with van der Waals surface area (Å²) in [4.78, 5) is 23.6. The van der Waals surface area contributed by atoms with Gasteiger partial charge in [-0.25, -0.2) is 0 Å². The number of carbonyl (C=O) groups excluding carboxylic acids is 2. The molecule has 2 N–H and O–H groups in total. The van der Waals surface area contributed by atoms with E-state index in [1.165, 1.54) is 32.1 Å². The first-order valence-corrected chi connectivity index (χ1v) is 8.71. The first-order valence-electron chi connectivity index (χ1n) is 8.71. The number of hydrogen-bond acceptors (Lipinski definition) is 2. The predicted octanol–water partition coefficient (Wildman–Crippen LogP) is 3.87. The van der Waals surface area contributed by atoms with Crippen LogP contribution in [0.1, 0.15) is 57.9 Å². The van der Waals surface area contributed by atoms with E-state index in [0.717, 1.165) is 11.3 Å². The summed E-state index contributed by atoms with van der Waals surface area (Å²) in [5, 5.41) is 5.86. The molecule has 0 radical (unpaired) electrons. The second-order valence-electron chi connectivity index (χ2n) is 6.83. The zero-order valence-electron chi connectivity index (χ0n) is 14.2. The van der Waals surface area contributed by atoms with Crippen LogP contribution in [-0.4, -0.2) is 11.8 Å². The van der Waals surface area contributed by atoms with Crippen molar-refractivity contribution in [2.45, 2.75) is 58.9 Å². The number of anilines is 1. The molecule has 0 aliphatic heterocycles. The highest BCUT2D eigenvalue weighted by Gasteiger charge is 2.16. The topological polar surface area (TPSA) is 58.2 Å². The predicted molar refractivity (Wildman–Crippen MR) is 92.9 cm³/mol.